The molecule has 0 saturated carbocycles. The van der Waals surface area contributed by atoms with E-state index in [0.717, 1.165) is 4.70 Å². The van der Waals surface area contributed by atoms with E-state index in [4.69, 9.17) is 11.1 Å². The zero-order valence-electron chi connectivity index (χ0n) is 7.15. The molecule has 72 valence electrons. The normalized spacial score (nSPS) is 10.3. The van der Waals surface area contributed by atoms with Gasteiger partial charge in [-0.05, 0) is 23.7 Å². The van der Waals surface area contributed by atoms with Crippen molar-refractivity contribution < 1.29 is 0 Å². The summed E-state index contributed by atoms with van der Waals surface area (Å²) in [5.74, 6) is -0.251. The molecule has 1 aromatic carbocycles. The summed E-state index contributed by atoms with van der Waals surface area (Å²) < 4.78 is 2.11. The highest BCUT2D eigenvalue weighted by atomic mass is 32.1. The molecule has 2 aromatic rings. The van der Waals surface area contributed by atoms with Crippen LogP contribution in [-0.2, 0) is 0 Å². The van der Waals surface area contributed by atoms with E-state index in [1.807, 2.05) is 12.1 Å². The lowest BCUT2D eigenvalue weighted by Gasteiger charge is -1.99. The van der Waals surface area contributed by atoms with Crippen molar-refractivity contribution in [2.75, 3.05) is 5.43 Å². The summed E-state index contributed by atoms with van der Waals surface area (Å²) in [4.78, 5) is 11.6. The highest BCUT2D eigenvalue weighted by Crippen LogP contribution is 2.14. The van der Waals surface area contributed by atoms with Crippen molar-refractivity contribution in [3.05, 3.63) is 34.6 Å². The van der Waals surface area contributed by atoms with Crippen molar-refractivity contribution in [3.63, 3.8) is 0 Å². The predicted octanol–water partition coefficient (Wildman–Crippen LogP) is 0.500. The second-order valence-electron chi connectivity index (χ2n) is 2.71. The van der Waals surface area contributed by atoms with Crippen LogP contribution in [0.1, 0.15) is 0 Å². The molecule has 4 N–H and O–H groups in total. The number of hydrogen-bond acceptors (Lipinski definition) is 3. The van der Waals surface area contributed by atoms with Crippen LogP contribution >= 0.6 is 11.5 Å². The van der Waals surface area contributed by atoms with E-state index < -0.39 is 0 Å². The molecule has 0 bridgehead atoms. The van der Waals surface area contributed by atoms with E-state index in [-0.39, 0.29) is 11.5 Å². The van der Waals surface area contributed by atoms with Crippen molar-refractivity contribution >= 4 is 27.6 Å². The summed E-state index contributed by atoms with van der Waals surface area (Å²) in [6.07, 6.45) is 0. The lowest BCUT2D eigenvalue weighted by molar-refractivity contribution is 1.04. The van der Waals surface area contributed by atoms with E-state index in [2.05, 4.69) is 5.43 Å². The number of fused-ring (bicyclic) bond motifs is 1. The van der Waals surface area contributed by atoms with Gasteiger partial charge in [0, 0.05) is 0 Å². The summed E-state index contributed by atoms with van der Waals surface area (Å²) in [5, 5.41) is 7.65. The number of hydrogen-bond donors (Lipinski definition) is 3. The van der Waals surface area contributed by atoms with Gasteiger partial charge in [-0.25, -0.2) is 0 Å². The van der Waals surface area contributed by atoms with Crippen molar-refractivity contribution in [1.82, 2.24) is 4.07 Å². The average Bonchev–Trinajstić information content (AvgIpc) is 2.44. The first-order chi connectivity index (χ1) is 6.68. The molecule has 5 nitrogen and oxygen atoms in total. The van der Waals surface area contributed by atoms with Crippen LogP contribution in [0.15, 0.2) is 29.1 Å². The van der Waals surface area contributed by atoms with E-state index in [1.165, 1.54) is 15.6 Å². The third-order valence-electron chi connectivity index (χ3n) is 1.71. The van der Waals surface area contributed by atoms with Gasteiger partial charge in [0.15, 0.2) is 0 Å². The number of nitrogens with one attached hydrogen (secondary N) is 2. The SMILES string of the molecule is N=C(N)Nn1sc2ccccc2c1=O. The zero-order valence-corrected chi connectivity index (χ0v) is 7.97. The van der Waals surface area contributed by atoms with Gasteiger partial charge in [-0.2, -0.15) is 4.07 Å². The molecular formula is C8H8N4OS. The Bertz CT molecular complexity index is 542. The van der Waals surface area contributed by atoms with Gasteiger partial charge in [-0.3, -0.25) is 15.6 Å². The fourth-order valence-corrected chi connectivity index (χ4v) is 2.07. The Kier molecular flexibility index (Phi) is 1.97. The van der Waals surface area contributed by atoms with E-state index in [0.29, 0.717) is 5.39 Å². The summed E-state index contributed by atoms with van der Waals surface area (Å²) in [6, 6.07) is 7.25. The van der Waals surface area contributed by atoms with Gasteiger partial charge >= 0.3 is 0 Å². The molecule has 0 radical (unpaired) electrons. The molecule has 0 unspecified atom stereocenters. The van der Waals surface area contributed by atoms with E-state index >= 15 is 0 Å². The quantitative estimate of drug-likeness (QED) is 0.471. The molecule has 1 heterocycles. The van der Waals surface area contributed by atoms with Crippen LogP contribution in [-0.4, -0.2) is 10.0 Å². The fraction of sp³-hybridized carbons (Fsp3) is 0. The zero-order chi connectivity index (χ0) is 10.1. The molecular weight excluding hydrogens is 200 g/mol. The second kappa shape index (κ2) is 3.15. The van der Waals surface area contributed by atoms with Crippen molar-refractivity contribution in [2.24, 2.45) is 5.73 Å². The first-order valence-corrected chi connectivity index (χ1v) is 4.68. The van der Waals surface area contributed by atoms with E-state index in [1.54, 1.807) is 12.1 Å². The summed E-state index contributed by atoms with van der Waals surface area (Å²) in [6.45, 7) is 0. The minimum Gasteiger partial charge on any atom is -0.369 e. The summed E-state index contributed by atoms with van der Waals surface area (Å²) >= 11 is 1.22. The third-order valence-corrected chi connectivity index (χ3v) is 2.71. The van der Waals surface area contributed by atoms with Gasteiger partial charge in [0.2, 0.25) is 5.96 Å². The van der Waals surface area contributed by atoms with Crippen LogP contribution in [0.4, 0.5) is 0 Å². The second-order valence-corrected chi connectivity index (χ2v) is 3.70. The number of nitrogens with zero attached hydrogens (tertiary/aromatic N) is 1. The van der Waals surface area contributed by atoms with Gasteiger partial charge in [-0.15, -0.1) is 0 Å². The number of guanidine groups is 1. The molecule has 0 aliphatic rings. The molecule has 6 heteroatoms. The number of benzene rings is 1. The highest BCUT2D eigenvalue weighted by Gasteiger charge is 2.05. The molecule has 2 rings (SSSR count). The topological polar surface area (TPSA) is 83.9 Å². The highest BCUT2D eigenvalue weighted by molar-refractivity contribution is 7.14. The maximum absolute atomic E-state index is 11.6. The first kappa shape index (κ1) is 8.76. The molecule has 0 fully saturated rings. The van der Waals surface area contributed by atoms with Crippen molar-refractivity contribution in [3.8, 4) is 0 Å². The Labute approximate surface area is 83.4 Å². The first-order valence-electron chi connectivity index (χ1n) is 3.90. The lowest BCUT2D eigenvalue weighted by Crippen LogP contribution is -2.33. The largest absolute Gasteiger partial charge is 0.369 e. The third kappa shape index (κ3) is 1.35. The predicted molar refractivity (Wildman–Crippen MR) is 57.4 cm³/mol. The average molecular weight is 208 g/mol. The fourth-order valence-electron chi connectivity index (χ4n) is 1.16. The minimum absolute atomic E-state index is 0.180. The smallest absolute Gasteiger partial charge is 0.287 e. The van der Waals surface area contributed by atoms with Gasteiger partial charge in [0.25, 0.3) is 5.56 Å². The van der Waals surface area contributed by atoms with Crippen molar-refractivity contribution in [2.45, 2.75) is 0 Å². The Morgan fingerprint density at radius 3 is 2.86 bits per heavy atom. The number of rotatable bonds is 1. The standard InChI is InChI=1S/C8H8N4OS/c9-8(10)11-12-7(13)5-3-1-2-4-6(5)14-12/h1-4H,(H4,9,10,11). The molecule has 0 spiro atoms. The molecule has 0 amide bonds. The lowest BCUT2D eigenvalue weighted by atomic mass is 10.3. The molecule has 1 aromatic heterocycles. The maximum Gasteiger partial charge on any atom is 0.287 e. The Balaban J connectivity index is 2.63. The number of aromatic nitrogens is 1. The Morgan fingerprint density at radius 2 is 2.21 bits per heavy atom. The van der Waals surface area contributed by atoms with E-state index in [9.17, 15) is 4.79 Å². The minimum atomic E-state index is -0.251. The van der Waals surface area contributed by atoms with Crippen molar-refractivity contribution in [1.29, 1.82) is 5.41 Å². The number of nitrogens with two attached hydrogens (primary N) is 1. The van der Waals surface area contributed by atoms with Gasteiger partial charge < -0.3 is 5.73 Å². The summed E-state index contributed by atoms with van der Waals surface area (Å²) in [7, 11) is 0. The molecule has 0 aliphatic heterocycles. The Hall–Kier alpha value is -1.82. The van der Waals surface area contributed by atoms with Crippen LogP contribution in [0.3, 0.4) is 0 Å². The van der Waals surface area contributed by atoms with Crippen LogP contribution in [0.2, 0.25) is 0 Å². The van der Waals surface area contributed by atoms with Gasteiger partial charge in [0.05, 0.1) is 10.1 Å². The Morgan fingerprint density at radius 1 is 1.50 bits per heavy atom. The molecule has 0 saturated heterocycles. The van der Waals surface area contributed by atoms with Crippen LogP contribution in [0.5, 0.6) is 0 Å². The maximum atomic E-state index is 11.6. The van der Waals surface area contributed by atoms with Crippen LogP contribution in [0.25, 0.3) is 10.1 Å². The van der Waals surface area contributed by atoms with Gasteiger partial charge in [-0.1, -0.05) is 12.1 Å². The molecule has 14 heavy (non-hydrogen) atoms. The van der Waals surface area contributed by atoms with Crippen LogP contribution < -0.4 is 16.7 Å². The van der Waals surface area contributed by atoms with Gasteiger partial charge in [0.1, 0.15) is 0 Å². The monoisotopic (exact) mass is 208 g/mol. The molecule has 0 aliphatic carbocycles. The van der Waals surface area contributed by atoms with Crippen LogP contribution in [0, 0.1) is 5.41 Å². The summed E-state index contributed by atoms with van der Waals surface area (Å²) in [5.41, 5.74) is 7.40. The molecule has 0 atom stereocenters.